The van der Waals surface area contributed by atoms with Crippen molar-refractivity contribution in [1.82, 2.24) is 10.2 Å². The number of nitrogens with zero attached hydrogens (tertiary/aromatic N) is 1. The molecule has 0 spiro atoms. The number of nitrogens with two attached hydrogens (primary N) is 1. The molecule has 1 saturated carbocycles. The Hall–Kier alpha value is -0.610. The van der Waals surface area contributed by atoms with Gasteiger partial charge in [-0.3, -0.25) is 4.79 Å². The first-order valence-electron chi connectivity index (χ1n) is 6.79. The fourth-order valence-electron chi connectivity index (χ4n) is 2.89. The lowest BCUT2D eigenvalue weighted by Crippen LogP contribution is -2.55. The van der Waals surface area contributed by atoms with E-state index in [0.29, 0.717) is 18.6 Å². The minimum Gasteiger partial charge on any atom is -0.353 e. The summed E-state index contributed by atoms with van der Waals surface area (Å²) < 4.78 is 0. The van der Waals surface area contributed by atoms with Crippen LogP contribution in [-0.2, 0) is 4.79 Å². The molecule has 1 aliphatic heterocycles. The maximum absolute atomic E-state index is 12.2. The van der Waals surface area contributed by atoms with Gasteiger partial charge in [0.25, 0.3) is 0 Å². The van der Waals surface area contributed by atoms with Gasteiger partial charge in [0.15, 0.2) is 0 Å². The molecule has 1 saturated heterocycles. The zero-order chi connectivity index (χ0) is 12.5. The van der Waals surface area contributed by atoms with E-state index < -0.39 is 0 Å². The summed E-state index contributed by atoms with van der Waals surface area (Å²) in [5.74, 6) is 0.202. The third kappa shape index (κ3) is 2.47. The highest BCUT2D eigenvalue weighted by Crippen LogP contribution is 2.40. The molecule has 1 aliphatic carbocycles. The summed E-state index contributed by atoms with van der Waals surface area (Å²) >= 11 is 0. The van der Waals surface area contributed by atoms with Crippen molar-refractivity contribution in [2.24, 2.45) is 11.1 Å². The summed E-state index contributed by atoms with van der Waals surface area (Å²) in [6.45, 7) is 3.79. The third-order valence-electron chi connectivity index (χ3n) is 4.73. The van der Waals surface area contributed by atoms with E-state index >= 15 is 0 Å². The quantitative estimate of drug-likeness (QED) is 0.763. The highest BCUT2D eigenvalue weighted by atomic mass is 16.2. The molecule has 0 aromatic carbocycles. The van der Waals surface area contributed by atoms with Crippen LogP contribution in [-0.4, -0.2) is 43.0 Å². The molecule has 0 bridgehead atoms. The Bertz CT molecular complexity index is 283. The van der Waals surface area contributed by atoms with Crippen LogP contribution in [0.5, 0.6) is 0 Å². The van der Waals surface area contributed by atoms with E-state index in [1.807, 2.05) is 0 Å². The van der Waals surface area contributed by atoms with E-state index in [0.717, 1.165) is 38.6 Å². The molecule has 17 heavy (non-hydrogen) atoms. The Balaban J connectivity index is 1.87. The Labute approximate surface area is 104 Å². The first-order valence-corrected chi connectivity index (χ1v) is 6.79. The lowest BCUT2D eigenvalue weighted by molar-refractivity contribution is -0.136. The lowest BCUT2D eigenvalue weighted by Gasteiger charge is -2.42. The van der Waals surface area contributed by atoms with Crippen LogP contribution in [0.15, 0.2) is 0 Å². The predicted octanol–water partition coefficient (Wildman–Crippen LogP) is 0.714. The fraction of sp³-hybridized carbons (Fsp3) is 0.923. The van der Waals surface area contributed by atoms with Gasteiger partial charge >= 0.3 is 0 Å². The maximum Gasteiger partial charge on any atom is 0.227 e. The molecule has 2 aliphatic rings. The van der Waals surface area contributed by atoms with Crippen LogP contribution in [0, 0.1) is 5.41 Å². The molecular formula is C13H25N3O. The molecule has 2 rings (SSSR count). The van der Waals surface area contributed by atoms with Gasteiger partial charge in [-0.2, -0.15) is 0 Å². The Morgan fingerprint density at radius 2 is 2.24 bits per heavy atom. The molecule has 1 heterocycles. The summed E-state index contributed by atoms with van der Waals surface area (Å²) in [5, 5.41) is 3.22. The van der Waals surface area contributed by atoms with Gasteiger partial charge in [-0.25, -0.2) is 0 Å². The van der Waals surface area contributed by atoms with Crippen LogP contribution in [0.2, 0.25) is 0 Å². The maximum atomic E-state index is 12.2. The van der Waals surface area contributed by atoms with Gasteiger partial charge in [-0.1, -0.05) is 6.42 Å². The largest absolute Gasteiger partial charge is 0.353 e. The Morgan fingerprint density at radius 1 is 1.53 bits per heavy atom. The number of amides is 1. The van der Waals surface area contributed by atoms with E-state index in [2.05, 4.69) is 24.2 Å². The summed E-state index contributed by atoms with van der Waals surface area (Å²) in [4.78, 5) is 14.6. The second-order valence-electron chi connectivity index (χ2n) is 5.86. The molecule has 0 aromatic heterocycles. The minimum absolute atomic E-state index is 0.202. The summed E-state index contributed by atoms with van der Waals surface area (Å²) in [7, 11) is 2.15. The van der Waals surface area contributed by atoms with Crippen molar-refractivity contribution in [3.63, 3.8) is 0 Å². The van der Waals surface area contributed by atoms with Gasteiger partial charge in [-0.05, 0) is 39.7 Å². The number of hydrogen-bond acceptors (Lipinski definition) is 3. The SMILES string of the molecule is CC1CC(NC(=O)C2(CN)CCC2)CCN1C. The summed E-state index contributed by atoms with van der Waals surface area (Å²) in [6.07, 6.45) is 5.21. The lowest BCUT2D eigenvalue weighted by atomic mass is 9.68. The van der Waals surface area contributed by atoms with Crippen molar-refractivity contribution in [2.45, 2.75) is 51.1 Å². The zero-order valence-corrected chi connectivity index (χ0v) is 11.0. The molecule has 2 atom stereocenters. The number of carbonyl (C=O) groups excluding carboxylic acids is 1. The van der Waals surface area contributed by atoms with Crippen molar-refractivity contribution in [1.29, 1.82) is 0 Å². The number of rotatable bonds is 3. The normalized spacial score (nSPS) is 32.9. The average Bonchev–Trinajstić information content (AvgIpc) is 2.23. The van der Waals surface area contributed by atoms with Crippen LogP contribution in [0.3, 0.4) is 0 Å². The van der Waals surface area contributed by atoms with Crippen molar-refractivity contribution in [3.05, 3.63) is 0 Å². The van der Waals surface area contributed by atoms with Crippen molar-refractivity contribution in [3.8, 4) is 0 Å². The van der Waals surface area contributed by atoms with E-state index in [9.17, 15) is 4.79 Å². The third-order valence-corrected chi connectivity index (χ3v) is 4.73. The topological polar surface area (TPSA) is 58.4 Å². The van der Waals surface area contributed by atoms with E-state index in [-0.39, 0.29) is 11.3 Å². The van der Waals surface area contributed by atoms with Gasteiger partial charge in [0.1, 0.15) is 0 Å². The monoisotopic (exact) mass is 239 g/mol. The van der Waals surface area contributed by atoms with Crippen molar-refractivity contribution < 1.29 is 4.79 Å². The van der Waals surface area contributed by atoms with E-state index in [4.69, 9.17) is 5.73 Å². The molecule has 4 heteroatoms. The van der Waals surface area contributed by atoms with Crippen LogP contribution in [0.4, 0.5) is 0 Å². The highest BCUT2D eigenvalue weighted by molar-refractivity contribution is 5.84. The fourth-order valence-corrected chi connectivity index (χ4v) is 2.89. The molecule has 2 fully saturated rings. The average molecular weight is 239 g/mol. The number of hydrogen-bond donors (Lipinski definition) is 2. The van der Waals surface area contributed by atoms with Gasteiger partial charge in [0.2, 0.25) is 5.91 Å². The number of likely N-dealkylation sites (tertiary alicyclic amines) is 1. The molecule has 0 aromatic rings. The van der Waals surface area contributed by atoms with Crippen LogP contribution >= 0.6 is 0 Å². The predicted molar refractivity (Wildman–Crippen MR) is 68.6 cm³/mol. The highest BCUT2D eigenvalue weighted by Gasteiger charge is 2.43. The summed E-state index contributed by atoms with van der Waals surface area (Å²) in [6, 6.07) is 0.905. The molecule has 3 N–H and O–H groups in total. The number of carbonyl (C=O) groups is 1. The van der Waals surface area contributed by atoms with E-state index in [1.54, 1.807) is 0 Å². The number of nitrogens with one attached hydrogen (secondary N) is 1. The molecule has 2 unspecified atom stereocenters. The number of piperidine rings is 1. The smallest absolute Gasteiger partial charge is 0.227 e. The Kier molecular flexibility index (Phi) is 3.73. The van der Waals surface area contributed by atoms with Gasteiger partial charge in [-0.15, -0.1) is 0 Å². The second-order valence-corrected chi connectivity index (χ2v) is 5.86. The first kappa shape index (κ1) is 12.8. The molecular weight excluding hydrogens is 214 g/mol. The van der Waals surface area contributed by atoms with Crippen LogP contribution in [0.1, 0.15) is 39.0 Å². The van der Waals surface area contributed by atoms with Crippen LogP contribution < -0.4 is 11.1 Å². The van der Waals surface area contributed by atoms with Crippen molar-refractivity contribution >= 4 is 5.91 Å². The van der Waals surface area contributed by atoms with Gasteiger partial charge in [0.05, 0.1) is 5.41 Å². The van der Waals surface area contributed by atoms with Crippen molar-refractivity contribution in [2.75, 3.05) is 20.1 Å². The zero-order valence-electron chi connectivity index (χ0n) is 11.0. The Morgan fingerprint density at radius 3 is 2.71 bits per heavy atom. The van der Waals surface area contributed by atoms with Crippen LogP contribution in [0.25, 0.3) is 0 Å². The molecule has 0 radical (unpaired) electrons. The standard InChI is InChI=1S/C13H25N3O/c1-10-8-11(4-7-16(10)2)15-12(17)13(9-14)5-3-6-13/h10-11H,3-9,14H2,1-2H3,(H,15,17). The van der Waals surface area contributed by atoms with E-state index in [1.165, 1.54) is 0 Å². The van der Waals surface area contributed by atoms with Gasteiger partial charge in [0, 0.05) is 25.2 Å². The molecule has 4 nitrogen and oxygen atoms in total. The molecule has 98 valence electrons. The van der Waals surface area contributed by atoms with Gasteiger partial charge < -0.3 is 16.0 Å². The second kappa shape index (κ2) is 4.94. The first-order chi connectivity index (χ1) is 8.07. The summed E-state index contributed by atoms with van der Waals surface area (Å²) in [5.41, 5.74) is 5.53. The molecule has 1 amide bonds. The minimum atomic E-state index is -0.230.